The van der Waals surface area contributed by atoms with Crippen molar-refractivity contribution >= 4 is 5.97 Å². The van der Waals surface area contributed by atoms with Crippen LogP contribution in [0.15, 0.2) is 0 Å². The van der Waals surface area contributed by atoms with Crippen molar-refractivity contribution < 1.29 is 9.90 Å². The SMILES string of the molecule is N#Cc1nc(CC(N)C(=O)O)n2c1CCCC2. The highest BCUT2D eigenvalue weighted by Crippen LogP contribution is 2.21. The predicted octanol–water partition coefficient (Wildman–Crippen LogP) is 0.0455. The molecule has 1 aromatic rings. The summed E-state index contributed by atoms with van der Waals surface area (Å²) in [6.07, 6.45) is 3.08. The first kappa shape index (κ1) is 11.6. The fourth-order valence-electron chi connectivity index (χ4n) is 2.15. The lowest BCUT2D eigenvalue weighted by Crippen LogP contribution is -2.33. The van der Waals surface area contributed by atoms with Gasteiger partial charge in [-0.2, -0.15) is 5.26 Å². The highest BCUT2D eigenvalue weighted by atomic mass is 16.4. The van der Waals surface area contributed by atoms with Crippen LogP contribution in [0.5, 0.6) is 0 Å². The molecule has 1 unspecified atom stereocenters. The van der Waals surface area contributed by atoms with E-state index in [1.165, 1.54) is 0 Å². The van der Waals surface area contributed by atoms with Gasteiger partial charge in [0.2, 0.25) is 0 Å². The number of nitrogens with two attached hydrogens (primary N) is 1. The molecule has 2 rings (SSSR count). The van der Waals surface area contributed by atoms with Crippen molar-refractivity contribution in [2.45, 2.75) is 38.3 Å². The van der Waals surface area contributed by atoms with Gasteiger partial charge in [0.1, 0.15) is 17.9 Å². The highest BCUT2D eigenvalue weighted by molar-refractivity contribution is 5.73. The predicted molar refractivity (Wildman–Crippen MR) is 59.2 cm³/mol. The topological polar surface area (TPSA) is 105 Å². The van der Waals surface area contributed by atoms with Gasteiger partial charge in [0.15, 0.2) is 5.69 Å². The number of carboxylic acid groups (broad SMARTS) is 1. The van der Waals surface area contributed by atoms with Gasteiger partial charge < -0.3 is 15.4 Å². The summed E-state index contributed by atoms with van der Waals surface area (Å²) in [6, 6.07) is 1.09. The Morgan fingerprint density at radius 3 is 3.06 bits per heavy atom. The van der Waals surface area contributed by atoms with Crippen molar-refractivity contribution in [2.75, 3.05) is 0 Å². The van der Waals surface area contributed by atoms with E-state index in [4.69, 9.17) is 16.1 Å². The average Bonchev–Trinajstić information content (AvgIpc) is 2.68. The largest absolute Gasteiger partial charge is 0.480 e. The molecule has 1 atom stereocenters. The number of carboxylic acids is 1. The second-order valence-electron chi connectivity index (χ2n) is 4.19. The van der Waals surface area contributed by atoms with Gasteiger partial charge in [-0.25, -0.2) is 4.98 Å². The Morgan fingerprint density at radius 1 is 1.65 bits per heavy atom. The number of hydrogen-bond acceptors (Lipinski definition) is 4. The van der Waals surface area contributed by atoms with Crippen molar-refractivity contribution in [1.29, 1.82) is 5.26 Å². The number of nitrogens with zero attached hydrogens (tertiary/aromatic N) is 3. The first-order valence-corrected chi connectivity index (χ1v) is 5.60. The van der Waals surface area contributed by atoms with E-state index in [1.54, 1.807) is 0 Å². The third kappa shape index (κ3) is 2.15. The number of carbonyl (C=O) groups is 1. The number of aliphatic carboxylic acids is 1. The van der Waals surface area contributed by atoms with Gasteiger partial charge in [0.25, 0.3) is 0 Å². The highest BCUT2D eigenvalue weighted by Gasteiger charge is 2.22. The summed E-state index contributed by atoms with van der Waals surface area (Å²) in [7, 11) is 0. The maximum atomic E-state index is 10.7. The van der Waals surface area contributed by atoms with Crippen molar-refractivity contribution in [3.63, 3.8) is 0 Å². The molecule has 0 amide bonds. The molecule has 0 aromatic carbocycles. The molecule has 1 aliphatic heterocycles. The molecule has 0 fully saturated rings. The number of hydrogen-bond donors (Lipinski definition) is 2. The minimum atomic E-state index is -1.04. The van der Waals surface area contributed by atoms with E-state index in [-0.39, 0.29) is 6.42 Å². The molecule has 0 spiro atoms. The number of aromatic nitrogens is 2. The van der Waals surface area contributed by atoms with Crippen LogP contribution in [0, 0.1) is 11.3 Å². The van der Waals surface area contributed by atoms with Gasteiger partial charge in [-0.05, 0) is 19.3 Å². The van der Waals surface area contributed by atoms with Gasteiger partial charge >= 0.3 is 5.97 Å². The number of rotatable bonds is 3. The van der Waals surface area contributed by atoms with Crippen molar-refractivity contribution in [3.8, 4) is 6.07 Å². The van der Waals surface area contributed by atoms with E-state index in [0.29, 0.717) is 11.5 Å². The van der Waals surface area contributed by atoms with Crippen LogP contribution in [0.4, 0.5) is 0 Å². The number of nitriles is 1. The number of fused-ring (bicyclic) bond motifs is 1. The Morgan fingerprint density at radius 2 is 2.41 bits per heavy atom. The molecule has 6 heteroatoms. The smallest absolute Gasteiger partial charge is 0.320 e. The minimum Gasteiger partial charge on any atom is -0.480 e. The van der Waals surface area contributed by atoms with E-state index in [2.05, 4.69) is 11.1 Å². The van der Waals surface area contributed by atoms with Crippen molar-refractivity contribution in [3.05, 3.63) is 17.2 Å². The molecule has 1 aromatic heterocycles. The summed E-state index contributed by atoms with van der Waals surface area (Å²) in [5.74, 6) is -0.428. The zero-order valence-corrected chi connectivity index (χ0v) is 9.39. The van der Waals surface area contributed by atoms with Gasteiger partial charge in [-0.3, -0.25) is 4.79 Å². The Balaban J connectivity index is 2.32. The molecule has 0 bridgehead atoms. The first-order chi connectivity index (χ1) is 8.13. The molecular weight excluding hydrogens is 220 g/mol. The molecule has 1 aliphatic rings. The Hall–Kier alpha value is -1.87. The quantitative estimate of drug-likeness (QED) is 0.768. The lowest BCUT2D eigenvalue weighted by atomic mass is 10.1. The van der Waals surface area contributed by atoms with Crippen LogP contribution in [0.1, 0.15) is 30.1 Å². The summed E-state index contributed by atoms with van der Waals surface area (Å²) < 4.78 is 1.95. The summed E-state index contributed by atoms with van der Waals surface area (Å²) in [4.78, 5) is 14.9. The van der Waals surface area contributed by atoms with Gasteiger partial charge in [0, 0.05) is 13.0 Å². The second kappa shape index (κ2) is 4.55. The molecule has 0 aliphatic carbocycles. The molecule has 0 saturated carbocycles. The summed E-state index contributed by atoms with van der Waals surface area (Å²) in [6.45, 7) is 0.797. The second-order valence-corrected chi connectivity index (χ2v) is 4.19. The molecule has 0 radical (unpaired) electrons. The third-order valence-electron chi connectivity index (χ3n) is 3.02. The molecule has 6 nitrogen and oxygen atoms in total. The van der Waals surface area contributed by atoms with Crippen LogP contribution in [0.25, 0.3) is 0 Å². The van der Waals surface area contributed by atoms with Gasteiger partial charge in [-0.15, -0.1) is 0 Å². The van der Waals surface area contributed by atoms with Crippen LogP contribution in [0.3, 0.4) is 0 Å². The molecule has 3 N–H and O–H groups in total. The van der Waals surface area contributed by atoms with Crippen molar-refractivity contribution in [1.82, 2.24) is 9.55 Å². The maximum absolute atomic E-state index is 10.7. The van der Waals surface area contributed by atoms with Crippen LogP contribution in [-0.4, -0.2) is 26.7 Å². The zero-order valence-electron chi connectivity index (χ0n) is 9.39. The van der Waals surface area contributed by atoms with E-state index in [9.17, 15) is 4.79 Å². The molecule has 2 heterocycles. The normalized spacial score (nSPS) is 16.0. The van der Waals surface area contributed by atoms with E-state index >= 15 is 0 Å². The summed E-state index contributed by atoms with van der Waals surface area (Å²) in [5.41, 5.74) is 6.83. The third-order valence-corrected chi connectivity index (χ3v) is 3.02. The first-order valence-electron chi connectivity index (χ1n) is 5.60. The standard InChI is InChI=1S/C11H14N4O2/c12-6-8-9-3-1-2-4-15(9)10(14-8)5-7(13)11(16)17/h7H,1-5,13H2,(H,16,17). The van der Waals surface area contributed by atoms with Crippen LogP contribution in [0.2, 0.25) is 0 Å². The van der Waals surface area contributed by atoms with Crippen LogP contribution < -0.4 is 5.73 Å². The number of imidazole rings is 1. The van der Waals surface area contributed by atoms with Gasteiger partial charge in [0.05, 0.1) is 5.69 Å². The molecule has 17 heavy (non-hydrogen) atoms. The summed E-state index contributed by atoms with van der Waals surface area (Å²) >= 11 is 0. The molecule has 0 saturated heterocycles. The maximum Gasteiger partial charge on any atom is 0.320 e. The van der Waals surface area contributed by atoms with E-state index < -0.39 is 12.0 Å². The van der Waals surface area contributed by atoms with E-state index in [1.807, 2.05) is 4.57 Å². The van der Waals surface area contributed by atoms with E-state index in [0.717, 1.165) is 31.5 Å². The van der Waals surface area contributed by atoms with Crippen molar-refractivity contribution in [2.24, 2.45) is 5.73 Å². The Bertz CT molecular complexity index is 486. The molecule has 90 valence electrons. The Labute approximate surface area is 98.7 Å². The van der Waals surface area contributed by atoms with Gasteiger partial charge in [-0.1, -0.05) is 0 Å². The minimum absolute atomic E-state index is 0.171. The fourth-order valence-corrected chi connectivity index (χ4v) is 2.15. The average molecular weight is 234 g/mol. The summed E-state index contributed by atoms with van der Waals surface area (Å²) in [5, 5.41) is 17.8. The Kier molecular flexibility index (Phi) is 3.11. The van der Waals surface area contributed by atoms with Crippen LogP contribution >= 0.6 is 0 Å². The fraction of sp³-hybridized carbons (Fsp3) is 0.545. The lowest BCUT2D eigenvalue weighted by Gasteiger charge is -2.17. The molecular formula is C11H14N4O2. The van der Waals surface area contributed by atoms with Crippen LogP contribution in [-0.2, 0) is 24.2 Å². The lowest BCUT2D eigenvalue weighted by molar-refractivity contribution is -0.138. The zero-order chi connectivity index (χ0) is 12.4. The monoisotopic (exact) mass is 234 g/mol.